The molecule has 0 aliphatic rings. The van der Waals surface area contributed by atoms with Gasteiger partial charge in [-0.15, -0.1) is 0 Å². The maximum Gasteiger partial charge on any atom is 0.338 e. The molecule has 0 bridgehead atoms. The van der Waals surface area contributed by atoms with Gasteiger partial charge in [-0.1, -0.05) is 48.5 Å². The molecular formula is C16H16O2. The number of esters is 1. The van der Waals surface area contributed by atoms with E-state index < -0.39 is 0 Å². The molecule has 0 aliphatic heterocycles. The first kappa shape index (κ1) is 12.4. The smallest absolute Gasteiger partial charge is 0.338 e. The van der Waals surface area contributed by atoms with Crippen molar-refractivity contribution in [1.82, 2.24) is 0 Å². The van der Waals surface area contributed by atoms with Crippen molar-refractivity contribution in [3.05, 3.63) is 71.8 Å². The second-order valence-electron chi connectivity index (χ2n) is 4.27. The minimum absolute atomic E-state index is 0.125. The van der Waals surface area contributed by atoms with Crippen LogP contribution in [0.25, 0.3) is 0 Å². The van der Waals surface area contributed by atoms with Crippen LogP contribution >= 0.6 is 0 Å². The number of carbonyl (C=O) groups is 1. The summed E-state index contributed by atoms with van der Waals surface area (Å²) in [5.41, 5.74) is 1.77. The SMILES string of the molecule is C[C@@H](Cc1ccccc1)OC(=O)c1ccccc1. The van der Waals surface area contributed by atoms with Crippen molar-refractivity contribution >= 4 is 5.97 Å². The van der Waals surface area contributed by atoms with Crippen LogP contribution in [-0.4, -0.2) is 12.1 Å². The highest BCUT2D eigenvalue weighted by molar-refractivity contribution is 5.89. The van der Waals surface area contributed by atoms with Crippen molar-refractivity contribution in [3.63, 3.8) is 0 Å². The van der Waals surface area contributed by atoms with Crippen LogP contribution in [0.4, 0.5) is 0 Å². The third-order valence-corrected chi connectivity index (χ3v) is 2.68. The van der Waals surface area contributed by atoms with Gasteiger partial charge in [0.1, 0.15) is 6.10 Å². The molecule has 2 rings (SSSR count). The number of carbonyl (C=O) groups excluding carboxylic acids is 1. The number of hydrogen-bond acceptors (Lipinski definition) is 2. The molecule has 0 aliphatic carbocycles. The molecule has 2 heteroatoms. The molecule has 2 aromatic rings. The Hall–Kier alpha value is -2.09. The van der Waals surface area contributed by atoms with Crippen LogP contribution in [0.15, 0.2) is 60.7 Å². The molecule has 1 atom stereocenters. The summed E-state index contributed by atoms with van der Waals surface area (Å²) in [6, 6.07) is 19.1. The van der Waals surface area contributed by atoms with Crippen LogP contribution in [-0.2, 0) is 11.2 Å². The van der Waals surface area contributed by atoms with E-state index >= 15 is 0 Å². The number of ether oxygens (including phenoxy) is 1. The Morgan fingerprint density at radius 2 is 1.56 bits per heavy atom. The van der Waals surface area contributed by atoms with Gasteiger partial charge in [0, 0.05) is 6.42 Å². The number of benzene rings is 2. The second kappa shape index (κ2) is 6.01. The lowest BCUT2D eigenvalue weighted by Gasteiger charge is -2.13. The summed E-state index contributed by atoms with van der Waals surface area (Å²) in [4.78, 5) is 11.8. The zero-order valence-corrected chi connectivity index (χ0v) is 10.4. The number of hydrogen-bond donors (Lipinski definition) is 0. The molecule has 0 saturated heterocycles. The first-order valence-electron chi connectivity index (χ1n) is 6.05. The predicted molar refractivity (Wildman–Crippen MR) is 71.5 cm³/mol. The molecule has 0 amide bonds. The summed E-state index contributed by atoms with van der Waals surface area (Å²) in [7, 11) is 0. The van der Waals surface area contributed by atoms with E-state index in [4.69, 9.17) is 4.74 Å². The van der Waals surface area contributed by atoms with Gasteiger partial charge in [0.2, 0.25) is 0 Å². The van der Waals surface area contributed by atoms with E-state index in [9.17, 15) is 4.79 Å². The van der Waals surface area contributed by atoms with Crippen LogP contribution in [0.5, 0.6) is 0 Å². The fourth-order valence-corrected chi connectivity index (χ4v) is 1.81. The van der Waals surface area contributed by atoms with Crippen molar-refractivity contribution < 1.29 is 9.53 Å². The molecular weight excluding hydrogens is 224 g/mol. The van der Waals surface area contributed by atoms with Crippen LogP contribution < -0.4 is 0 Å². The van der Waals surface area contributed by atoms with Gasteiger partial charge in [-0.05, 0) is 24.6 Å². The van der Waals surface area contributed by atoms with Crippen molar-refractivity contribution in [2.75, 3.05) is 0 Å². The van der Waals surface area contributed by atoms with Crippen LogP contribution in [0.2, 0.25) is 0 Å². The fraction of sp³-hybridized carbons (Fsp3) is 0.188. The summed E-state index contributed by atoms with van der Waals surface area (Å²) in [5, 5.41) is 0. The van der Waals surface area contributed by atoms with Crippen LogP contribution in [0, 0.1) is 0 Å². The largest absolute Gasteiger partial charge is 0.459 e. The first-order valence-corrected chi connectivity index (χ1v) is 6.05. The van der Waals surface area contributed by atoms with Crippen LogP contribution in [0.1, 0.15) is 22.8 Å². The van der Waals surface area contributed by atoms with E-state index in [1.807, 2.05) is 55.5 Å². The zero-order chi connectivity index (χ0) is 12.8. The molecule has 0 heterocycles. The summed E-state index contributed by atoms with van der Waals surface area (Å²) >= 11 is 0. The van der Waals surface area contributed by atoms with E-state index in [-0.39, 0.29) is 12.1 Å². The minimum Gasteiger partial charge on any atom is -0.459 e. The lowest BCUT2D eigenvalue weighted by molar-refractivity contribution is 0.0343. The van der Waals surface area contributed by atoms with Crippen molar-refractivity contribution in [2.24, 2.45) is 0 Å². The summed E-state index contributed by atoms with van der Waals surface area (Å²) in [5.74, 6) is -0.265. The standard InChI is InChI=1S/C16H16O2/c1-13(12-14-8-4-2-5-9-14)18-16(17)15-10-6-3-7-11-15/h2-11,13H,12H2,1H3/t13-/m0/s1. The van der Waals surface area contributed by atoms with E-state index in [1.165, 1.54) is 5.56 Å². The highest BCUT2D eigenvalue weighted by atomic mass is 16.5. The average molecular weight is 240 g/mol. The van der Waals surface area contributed by atoms with Gasteiger partial charge in [0.25, 0.3) is 0 Å². The summed E-state index contributed by atoms with van der Waals surface area (Å²) in [6.07, 6.45) is 0.611. The lowest BCUT2D eigenvalue weighted by atomic mass is 10.1. The Kier molecular flexibility index (Phi) is 4.13. The zero-order valence-electron chi connectivity index (χ0n) is 10.4. The molecule has 18 heavy (non-hydrogen) atoms. The summed E-state index contributed by atoms with van der Waals surface area (Å²) < 4.78 is 5.40. The third-order valence-electron chi connectivity index (χ3n) is 2.68. The van der Waals surface area contributed by atoms with Gasteiger partial charge in [-0.2, -0.15) is 0 Å². The van der Waals surface area contributed by atoms with Crippen molar-refractivity contribution in [1.29, 1.82) is 0 Å². The highest BCUT2D eigenvalue weighted by Crippen LogP contribution is 2.08. The monoisotopic (exact) mass is 240 g/mol. The number of rotatable bonds is 4. The Labute approximate surface area is 107 Å². The molecule has 0 unspecified atom stereocenters. The van der Waals surface area contributed by atoms with Gasteiger partial charge in [0.15, 0.2) is 0 Å². The topological polar surface area (TPSA) is 26.3 Å². The van der Waals surface area contributed by atoms with E-state index in [2.05, 4.69) is 0 Å². The summed E-state index contributed by atoms with van der Waals surface area (Å²) in [6.45, 7) is 1.91. The van der Waals surface area contributed by atoms with E-state index in [1.54, 1.807) is 12.1 Å². The Morgan fingerprint density at radius 3 is 2.17 bits per heavy atom. The first-order chi connectivity index (χ1) is 8.75. The minimum atomic E-state index is -0.265. The third kappa shape index (κ3) is 3.45. The molecule has 2 nitrogen and oxygen atoms in total. The molecule has 0 fully saturated rings. The van der Waals surface area contributed by atoms with Gasteiger partial charge in [-0.3, -0.25) is 0 Å². The predicted octanol–water partition coefficient (Wildman–Crippen LogP) is 3.47. The Morgan fingerprint density at radius 1 is 1.00 bits per heavy atom. The van der Waals surface area contributed by atoms with Crippen LogP contribution in [0.3, 0.4) is 0 Å². The Balaban J connectivity index is 1.92. The molecule has 92 valence electrons. The van der Waals surface area contributed by atoms with Gasteiger partial charge < -0.3 is 4.74 Å². The molecule has 0 radical (unpaired) electrons. The quantitative estimate of drug-likeness (QED) is 0.765. The molecule has 0 aromatic heterocycles. The van der Waals surface area contributed by atoms with Gasteiger partial charge >= 0.3 is 5.97 Å². The molecule has 2 aromatic carbocycles. The van der Waals surface area contributed by atoms with Crippen molar-refractivity contribution in [3.8, 4) is 0 Å². The van der Waals surface area contributed by atoms with E-state index in [0.29, 0.717) is 5.56 Å². The van der Waals surface area contributed by atoms with Gasteiger partial charge in [0.05, 0.1) is 5.56 Å². The second-order valence-corrected chi connectivity index (χ2v) is 4.27. The molecule has 0 N–H and O–H groups in total. The highest BCUT2D eigenvalue weighted by Gasteiger charge is 2.11. The van der Waals surface area contributed by atoms with Gasteiger partial charge in [-0.25, -0.2) is 4.79 Å². The molecule has 0 spiro atoms. The maximum absolute atomic E-state index is 11.8. The fourth-order valence-electron chi connectivity index (χ4n) is 1.81. The van der Waals surface area contributed by atoms with E-state index in [0.717, 1.165) is 6.42 Å². The van der Waals surface area contributed by atoms with Crippen molar-refractivity contribution in [2.45, 2.75) is 19.4 Å². The average Bonchev–Trinajstić information content (AvgIpc) is 2.40. The lowest BCUT2D eigenvalue weighted by Crippen LogP contribution is -2.17. The molecule has 0 saturated carbocycles. The normalized spacial score (nSPS) is 11.8. The Bertz CT molecular complexity index is 491. The maximum atomic E-state index is 11.8.